The van der Waals surface area contributed by atoms with E-state index in [1.165, 1.54) is 11.1 Å². The smallest absolute Gasteiger partial charge is 0.200 e. The van der Waals surface area contributed by atoms with Crippen molar-refractivity contribution in [1.29, 1.82) is 0 Å². The summed E-state index contributed by atoms with van der Waals surface area (Å²) < 4.78 is 11.1. The summed E-state index contributed by atoms with van der Waals surface area (Å²) in [6.45, 7) is 9.29. The summed E-state index contributed by atoms with van der Waals surface area (Å²) in [6, 6.07) is 8.35. The van der Waals surface area contributed by atoms with E-state index in [0.717, 1.165) is 17.0 Å². The summed E-state index contributed by atoms with van der Waals surface area (Å²) in [5, 5.41) is 7.39. The zero-order valence-electron chi connectivity index (χ0n) is 12.6. The Balaban J connectivity index is 2.27. The molecule has 0 unspecified atom stereocenters. The fourth-order valence-electron chi connectivity index (χ4n) is 2.23. The number of ether oxygens (including phenoxy) is 2. The lowest BCUT2D eigenvalue weighted by Crippen LogP contribution is -2.09. The third-order valence-corrected chi connectivity index (χ3v) is 3.15. The zero-order chi connectivity index (χ0) is 14.5. The molecule has 4 nitrogen and oxygen atoms in total. The quantitative estimate of drug-likeness (QED) is 0.816. The average Bonchev–Trinajstić information content (AvgIpc) is 2.88. The first-order chi connectivity index (χ1) is 9.65. The van der Waals surface area contributed by atoms with E-state index in [0.29, 0.717) is 13.2 Å². The van der Waals surface area contributed by atoms with E-state index < -0.39 is 0 Å². The minimum absolute atomic E-state index is 0.378. The van der Waals surface area contributed by atoms with Crippen LogP contribution in [0.2, 0.25) is 0 Å². The van der Waals surface area contributed by atoms with Crippen molar-refractivity contribution in [1.82, 2.24) is 10.2 Å². The van der Waals surface area contributed by atoms with Crippen LogP contribution < -0.4 is 0 Å². The molecule has 1 N–H and O–H groups in total. The molecule has 0 spiro atoms. The molecule has 0 fully saturated rings. The Bertz CT molecular complexity index is 557. The minimum Gasteiger partial charge on any atom is -0.347 e. The van der Waals surface area contributed by atoms with E-state index in [1.807, 2.05) is 19.9 Å². The van der Waals surface area contributed by atoms with E-state index >= 15 is 0 Å². The zero-order valence-corrected chi connectivity index (χ0v) is 12.6. The van der Waals surface area contributed by atoms with Crippen molar-refractivity contribution >= 4 is 0 Å². The SMILES string of the molecule is CCOC(OCC)c1cc(-c2ccc(C)cc2C)n[nH]1. The van der Waals surface area contributed by atoms with Crippen LogP contribution in [0, 0.1) is 13.8 Å². The molecular weight excluding hydrogens is 252 g/mol. The van der Waals surface area contributed by atoms with Gasteiger partial charge in [-0.3, -0.25) is 5.10 Å². The number of rotatable bonds is 6. The van der Waals surface area contributed by atoms with Gasteiger partial charge in [0.2, 0.25) is 0 Å². The molecule has 2 aromatic rings. The van der Waals surface area contributed by atoms with Gasteiger partial charge >= 0.3 is 0 Å². The largest absolute Gasteiger partial charge is 0.347 e. The van der Waals surface area contributed by atoms with E-state index in [-0.39, 0.29) is 6.29 Å². The Morgan fingerprint density at radius 1 is 1.10 bits per heavy atom. The van der Waals surface area contributed by atoms with E-state index in [9.17, 15) is 0 Å². The number of nitrogens with one attached hydrogen (secondary N) is 1. The third kappa shape index (κ3) is 3.26. The monoisotopic (exact) mass is 274 g/mol. The summed E-state index contributed by atoms with van der Waals surface area (Å²) >= 11 is 0. The Labute approximate surface area is 120 Å². The fraction of sp³-hybridized carbons (Fsp3) is 0.438. The van der Waals surface area contributed by atoms with E-state index in [2.05, 4.69) is 42.2 Å². The summed E-state index contributed by atoms with van der Waals surface area (Å²) in [5.41, 5.74) is 5.37. The van der Waals surface area contributed by atoms with Crippen molar-refractivity contribution in [2.75, 3.05) is 13.2 Å². The lowest BCUT2D eigenvalue weighted by atomic mass is 10.0. The van der Waals surface area contributed by atoms with Gasteiger partial charge in [-0.2, -0.15) is 5.10 Å². The van der Waals surface area contributed by atoms with E-state index in [4.69, 9.17) is 9.47 Å². The molecule has 0 saturated heterocycles. The first kappa shape index (κ1) is 14.8. The van der Waals surface area contributed by atoms with Crippen molar-refractivity contribution in [3.05, 3.63) is 41.1 Å². The predicted octanol–water partition coefficient (Wildman–Crippen LogP) is 3.77. The molecule has 0 aliphatic carbocycles. The van der Waals surface area contributed by atoms with Crippen LogP contribution in [0.3, 0.4) is 0 Å². The van der Waals surface area contributed by atoms with Gasteiger partial charge in [-0.1, -0.05) is 23.8 Å². The highest BCUT2D eigenvalue weighted by Crippen LogP contribution is 2.26. The van der Waals surface area contributed by atoms with Gasteiger partial charge in [-0.15, -0.1) is 0 Å². The van der Waals surface area contributed by atoms with Crippen LogP contribution in [0.25, 0.3) is 11.3 Å². The molecule has 0 atom stereocenters. The second-order valence-corrected chi connectivity index (χ2v) is 4.77. The number of nitrogens with zero attached hydrogens (tertiary/aromatic N) is 1. The van der Waals surface area contributed by atoms with Crippen LogP contribution in [-0.4, -0.2) is 23.4 Å². The van der Waals surface area contributed by atoms with Gasteiger partial charge < -0.3 is 9.47 Å². The molecule has 1 aromatic heterocycles. The van der Waals surface area contributed by atoms with Crippen molar-refractivity contribution in [3.8, 4) is 11.3 Å². The highest BCUT2D eigenvalue weighted by Gasteiger charge is 2.15. The lowest BCUT2D eigenvalue weighted by Gasteiger charge is -2.14. The molecule has 1 heterocycles. The summed E-state index contributed by atoms with van der Waals surface area (Å²) in [6.07, 6.45) is -0.378. The normalized spacial score (nSPS) is 11.2. The second-order valence-electron chi connectivity index (χ2n) is 4.77. The van der Waals surface area contributed by atoms with Crippen LogP contribution in [0.5, 0.6) is 0 Å². The van der Waals surface area contributed by atoms with Gasteiger partial charge in [0.05, 0.1) is 11.4 Å². The Hall–Kier alpha value is -1.65. The second kappa shape index (κ2) is 6.68. The average molecular weight is 274 g/mol. The maximum absolute atomic E-state index is 5.57. The highest BCUT2D eigenvalue weighted by atomic mass is 16.7. The third-order valence-electron chi connectivity index (χ3n) is 3.15. The molecule has 0 amide bonds. The van der Waals surface area contributed by atoms with Gasteiger partial charge in [-0.25, -0.2) is 0 Å². The van der Waals surface area contributed by atoms with Crippen LogP contribution in [0.1, 0.15) is 37.0 Å². The standard InChI is InChI=1S/C16H22N2O2/c1-5-19-16(20-6-2)15-10-14(17-18-15)13-8-7-11(3)9-12(13)4/h7-10,16H,5-6H2,1-4H3,(H,17,18). The Morgan fingerprint density at radius 3 is 2.40 bits per heavy atom. The Morgan fingerprint density at radius 2 is 1.80 bits per heavy atom. The first-order valence-corrected chi connectivity index (χ1v) is 7.01. The molecule has 0 saturated carbocycles. The maximum Gasteiger partial charge on any atom is 0.200 e. The molecule has 2 rings (SSSR count). The molecule has 0 bridgehead atoms. The summed E-state index contributed by atoms with van der Waals surface area (Å²) in [7, 11) is 0. The summed E-state index contributed by atoms with van der Waals surface area (Å²) in [5.74, 6) is 0. The van der Waals surface area contributed by atoms with Gasteiger partial charge in [0.1, 0.15) is 0 Å². The maximum atomic E-state index is 5.57. The first-order valence-electron chi connectivity index (χ1n) is 7.01. The minimum atomic E-state index is -0.378. The number of H-pyrrole nitrogens is 1. The molecule has 0 aliphatic heterocycles. The Kier molecular flexibility index (Phi) is 4.93. The highest BCUT2D eigenvalue weighted by molar-refractivity contribution is 5.64. The van der Waals surface area contributed by atoms with Crippen molar-refractivity contribution in [2.24, 2.45) is 0 Å². The molecule has 20 heavy (non-hydrogen) atoms. The number of hydrogen-bond donors (Lipinski definition) is 1. The topological polar surface area (TPSA) is 47.1 Å². The van der Waals surface area contributed by atoms with E-state index in [1.54, 1.807) is 0 Å². The number of aryl methyl sites for hydroxylation is 2. The van der Waals surface area contributed by atoms with Gasteiger partial charge in [0.15, 0.2) is 6.29 Å². The van der Waals surface area contributed by atoms with Gasteiger partial charge in [0.25, 0.3) is 0 Å². The van der Waals surface area contributed by atoms with Gasteiger partial charge in [0, 0.05) is 18.8 Å². The van der Waals surface area contributed by atoms with Crippen LogP contribution in [-0.2, 0) is 9.47 Å². The van der Waals surface area contributed by atoms with Crippen LogP contribution in [0.4, 0.5) is 0 Å². The fourth-order valence-corrected chi connectivity index (χ4v) is 2.23. The summed E-state index contributed by atoms with van der Waals surface area (Å²) in [4.78, 5) is 0. The van der Waals surface area contributed by atoms with Gasteiger partial charge in [-0.05, 0) is 39.3 Å². The van der Waals surface area contributed by atoms with Crippen LogP contribution in [0.15, 0.2) is 24.3 Å². The molecule has 1 aromatic carbocycles. The number of benzene rings is 1. The molecule has 0 aliphatic rings. The molecule has 4 heteroatoms. The molecular formula is C16H22N2O2. The predicted molar refractivity (Wildman–Crippen MR) is 79.5 cm³/mol. The molecule has 0 radical (unpaired) electrons. The van der Waals surface area contributed by atoms with Crippen LogP contribution >= 0.6 is 0 Å². The van der Waals surface area contributed by atoms with Crippen molar-refractivity contribution in [2.45, 2.75) is 34.0 Å². The number of aromatic nitrogens is 2. The van der Waals surface area contributed by atoms with Crippen molar-refractivity contribution < 1.29 is 9.47 Å². The molecule has 108 valence electrons. The lowest BCUT2D eigenvalue weighted by molar-refractivity contribution is -0.142. The van der Waals surface area contributed by atoms with Crippen molar-refractivity contribution in [3.63, 3.8) is 0 Å². The number of aromatic amines is 1. The number of hydrogen-bond acceptors (Lipinski definition) is 3.